The van der Waals surface area contributed by atoms with Gasteiger partial charge in [0.2, 0.25) is 5.91 Å². The molecule has 7 nitrogen and oxygen atoms in total. The minimum Gasteiger partial charge on any atom is -0.383 e. The summed E-state index contributed by atoms with van der Waals surface area (Å²) in [7, 11) is 0. The first-order valence-electron chi connectivity index (χ1n) is 10.9. The molecule has 158 valence electrons. The number of aromatic amines is 1. The quantitative estimate of drug-likeness (QED) is 0.637. The summed E-state index contributed by atoms with van der Waals surface area (Å²) < 4.78 is 1.38. The average molecular weight is 393 g/mol. The normalized spacial score (nSPS) is 14.9. The lowest BCUT2D eigenvalue weighted by Gasteiger charge is -2.26. The Morgan fingerprint density at radius 2 is 1.82 bits per heavy atom. The van der Waals surface area contributed by atoms with E-state index in [9.17, 15) is 14.4 Å². The highest BCUT2D eigenvalue weighted by Gasteiger charge is 2.24. The highest BCUT2D eigenvalue weighted by atomic mass is 16.2. The molecule has 0 unspecified atom stereocenters. The number of H-pyrrole nitrogens is 1. The van der Waals surface area contributed by atoms with Crippen LogP contribution in [0.15, 0.2) is 9.59 Å². The molecule has 1 aliphatic rings. The summed E-state index contributed by atoms with van der Waals surface area (Å²) in [4.78, 5) is 41.6. The van der Waals surface area contributed by atoms with Gasteiger partial charge in [0.05, 0.1) is 0 Å². The fourth-order valence-corrected chi connectivity index (χ4v) is 3.99. The van der Waals surface area contributed by atoms with Crippen molar-refractivity contribution in [2.45, 2.75) is 91.0 Å². The Labute approximate surface area is 167 Å². The molecule has 0 bridgehead atoms. The van der Waals surface area contributed by atoms with Crippen LogP contribution in [-0.2, 0) is 11.3 Å². The summed E-state index contributed by atoms with van der Waals surface area (Å²) >= 11 is 0. The maximum absolute atomic E-state index is 13.0. The second kappa shape index (κ2) is 11.1. The molecular weight excluding hydrogens is 356 g/mol. The van der Waals surface area contributed by atoms with Crippen molar-refractivity contribution < 1.29 is 4.79 Å². The minimum absolute atomic E-state index is 0.0723. The maximum atomic E-state index is 13.0. The molecule has 0 spiro atoms. The van der Waals surface area contributed by atoms with Crippen LogP contribution in [0.4, 0.5) is 11.5 Å². The predicted molar refractivity (Wildman–Crippen MR) is 114 cm³/mol. The van der Waals surface area contributed by atoms with E-state index in [1.54, 1.807) is 0 Å². The number of nitrogens with one attached hydrogen (secondary N) is 1. The highest BCUT2D eigenvalue weighted by Crippen LogP contribution is 2.28. The Kier molecular flexibility index (Phi) is 8.80. The lowest BCUT2D eigenvalue weighted by molar-refractivity contribution is -0.119. The van der Waals surface area contributed by atoms with Crippen molar-refractivity contribution in [3.05, 3.63) is 20.8 Å². The molecule has 1 aromatic heterocycles. The van der Waals surface area contributed by atoms with Crippen LogP contribution in [0.5, 0.6) is 0 Å². The molecule has 1 amide bonds. The van der Waals surface area contributed by atoms with Gasteiger partial charge >= 0.3 is 5.69 Å². The molecule has 1 fully saturated rings. The standard InChI is InChI=1S/C21H36N4O3/c1-3-5-14-24(17(26)13-12-16-10-8-7-9-11-16)18-19(22)25(15-6-4-2)21(28)23-20(18)27/h16H,3-15,22H2,1-2H3,(H,23,27,28). The zero-order valence-electron chi connectivity index (χ0n) is 17.5. The molecule has 1 heterocycles. The molecule has 1 saturated carbocycles. The van der Waals surface area contributed by atoms with Crippen LogP contribution >= 0.6 is 0 Å². The SMILES string of the molecule is CCCCN(C(=O)CCC1CCCCC1)c1c(N)n(CCCC)c(=O)[nH]c1=O. The van der Waals surface area contributed by atoms with E-state index in [-0.39, 0.29) is 17.4 Å². The van der Waals surface area contributed by atoms with Crippen LogP contribution in [0.3, 0.4) is 0 Å². The number of hydrogen-bond donors (Lipinski definition) is 2. The fourth-order valence-electron chi connectivity index (χ4n) is 3.99. The van der Waals surface area contributed by atoms with Crippen LogP contribution < -0.4 is 21.9 Å². The minimum atomic E-state index is -0.572. The third-order valence-corrected chi connectivity index (χ3v) is 5.75. The second-order valence-corrected chi connectivity index (χ2v) is 7.94. The first kappa shape index (κ1) is 22.2. The van der Waals surface area contributed by atoms with E-state index >= 15 is 0 Å². The lowest BCUT2D eigenvalue weighted by atomic mass is 9.86. The summed E-state index contributed by atoms with van der Waals surface area (Å²) in [6, 6.07) is 0. The largest absolute Gasteiger partial charge is 0.383 e. The van der Waals surface area contributed by atoms with E-state index in [1.165, 1.54) is 41.6 Å². The van der Waals surface area contributed by atoms with Crippen LogP contribution in [0.2, 0.25) is 0 Å². The number of nitrogens with zero attached hydrogens (tertiary/aromatic N) is 2. The Morgan fingerprint density at radius 3 is 2.46 bits per heavy atom. The van der Waals surface area contributed by atoms with Gasteiger partial charge in [-0.05, 0) is 25.2 Å². The Balaban J connectivity index is 2.26. The van der Waals surface area contributed by atoms with Gasteiger partial charge in [-0.15, -0.1) is 0 Å². The molecule has 0 aromatic carbocycles. The smallest absolute Gasteiger partial charge is 0.330 e. The molecule has 0 aliphatic heterocycles. The van der Waals surface area contributed by atoms with Crippen LogP contribution in [0.1, 0.15) is 84.5 Å². The van der Waals surface area contributed by atoms with E-state index in [2.05, 4.69) is 4.98 Å². The van der Waals surface area contributed by atoms with Gasteiger partial charge in [-0.25, -0.2) is 4.79 Å². The Hall–Kier alpha value is -2.05. The summed E-state index contributed by atoms with van der Waals surface area (Å²) in [5.41, 5.74) is 5.28. The average Bonchev–Trinajstić information content (AvgIpc) is 2.69. The number of nitrogens with two attached hydrogens (primary N) is 1. The van der Waals surface area contributed by atoms with Gasteiger partial charge in [0, 0.05) is 19.5 Å². The maximum Gasteiger partial charge on any atom is 0.330 e. The molecule has 1 aliphatic carbocycles. The molecule has 0 radical (unpaired) electrons. The van der Waals surface area contributed by atoms with Gasteiger partial charge in [0.1, 0.15) is 5.82 Å². The number of hydrogen-bond acceptors (Lipinski definition) is 4. The number of carbonyl (C=O) groups is 1. The molecule has 0 atom stereocenters. The molecule has 7 heteroatoms. The zero-order chi connectivity index (χ0) is 20.5. The molecule has 3 N–H and O–H groups in total. The summed E-state index contributed by atoms with van der Waals surface area (Å²) in [5.74, 6) is 0.626. The lowest BCUT2D eigenvalue weighted by Crippen LogP contribution is -2.41. The van der Waals surface area contributed by atoms with Crippen LogP contribution in [0.25, 0.3) is 0 Å². The van der Waals surface area contributed by atoms with Crippen molar-refractivity contribution in [3.63, 3.8) is 0 Å². The van der Waals surface area contributed by atoms with Crippen molar-refractivity contribution in [3.8, 4) is 0 Å². The van der Waals surface area contributed by atoms with Crippen LogP contribution in [-0.4, -0.2) is 22.0 Å². The predicted octanol–water partition coefficient (Wildman–Crippen LogP) is 3.41. The number of rotatable bonds is 10. The van der Waals surface area contributed by atoms with E-state index < -0.39 is 11.2 Å². The molecule has 28 heavy (non-hydrogen) atoms. The topological polar surface area (TPSA) is 101 Å². The Morgan fingerprint density at radius 1 is 1.14 bits per heavy atom. The molecule has 1 aromatic rings. The van der Waals surface area contributed by atoms with Gasteiger partial charge in [0.15, 0.2) is 5.69 Å². The summed E-state index contributed by atoms with van der Waals surface area (Å²) in [6.07, 6.45) is 10.8. The number of nitrogen functional groups attached to an aromatic ring is 1. The van der Waals surface area contributed by atoms with Gasteiger partial charge in [0.25, 0.3) is 5.56 Å². The van der Waals surface area contributed by atoms with Gasteiger partial charge in [-0.2, -0.15) is 0 Å². The van der Waals surface area contributed by atoms with Gasteiger partial charge in [-0.3, -0.25) is 19.1 Å². The number of amides is 1. The first-order valence-corrected chi connectivity index (χ1v) is 10.9. The Bertz CT molecular complexity index is 747. The van der Waals surface area contributed by atoms with Crippen molar-refractivity contribution in [1.82, 2.24) is 9.55 Å². The van der Waals surface area contributed by atoms with E-state index in [0.717, 1.165) is 32.1 Å². The van der Waals surface area contributed by atoms with Crippen molar-refractivity contribution in [2.75, 3.05) is 17.2 Å². The van der Waals surface area contributed by atoms with Gasteiger partial charge in [-0.1, -0.05) is 58.8 Å². The van der Waals surface area contributed by atoms with E-state index in [4.69, 9.17) is 5.73 Å². The highest BCUT2D eigenvalue weighted by molar-refractivity contribution is 5.95. The summed E-state index contributed by atoms with van der Waals surface area (Å²) in [5, 5.41) is 0. The fraction of sp³-hybridized carbons (Fsp3) is 0.762. The van der Waals surface area contributed by atoms with Gasteiger partial charge < -0.3 is 10.6 Å². The molecule has 0 saturated heterocycles. The number of anilines is 2. The van der Waals surface area contributed by atoms with Crippen molar-refractivity contribution >= 4 is 17.4 Å². The third kappa shape index (κ3) is 5.72. The number of aromatic nitrogens is 2. The molecule has 2 rings (SSSR count). The number of carbonyl (C=O) groups excluding carboxylic acids is 1. The molecular formula is C21H36N4O3. The second-order valence-electron chi connectivity index (χ2n) is 7.94. The van der Waals surface area contributed by atoms with Crippen LogP contribution in [0, 0.1) is 5.92 Å². The van der Waals surface area contributed by atoms with E-state index in [0.29, 0.717) is 25.4 Å². The monoisotopic (exact) mass is 392 g/mol. The zero-order valence-corrected chi connectivity index (χ0v) is 17.5. The van der Waals surface area contributed by atoms with Crippen molar-refractivity contribution in [1.29, 1.82) is 0 Å². The first-order chi connectivity index (χ1) is 13.5. The van der Waals surface area contributed by atoms with E-state index in [1.807, 2.05) is 13.8 Å². The number of unbranched alkanes of at least 4 members (excludes halogenated alkanes) is 2. The third-order valence-electron chi connectivity index (χ3n) is 5.75. The van der Waals surface area contributed by atoms with Crippen molar-refractivity contribution in [2.24, 2.45) is 5.92 Å². The summed E-state index contributed by atoms with van der Waals surface area (Å²) in [6.45, 7) is 4.94.